The van der Waals surface area contributed by atoms with E-state index >= 15 is 0 Å². The Morgan fingerprint density at radius 2 is 2.17 bits per heavy atom. The third kappa shape index (κ3) is 2.83. The van der Waals surface area contributed by atoms with Gasteiger partial charge in [0.05, 0.1) is 5.69 Å². The van der Waals surface area contributed by atoms with E-state index in [9.17, 15) is 4.39 Å². The summed E-state index contributed by atoms with van der Waals surface area (Å²) < 4.78 is 13.2. The molecule has 0 unspecified atom stereocenters. The van der Waals surface area contributed by atoms with Gasteiger partial charge in [-0.1, -0.05) is 19.1 Å². The summed E-state index contributed by atoms with van der Waals surface area (Å²) >= 11 is 0. The van der Waals surface area contributed by atoms with E-state index in [-0.39, 0.29) is 5.82 Å². The molecule has 0 atom stereocenters. The summed E-state index contributed by atoms with van der Waals surface area (Å²) in [7, 11) is 0. The number of hydrogen-bond donors (Lipinski definition) is 1. The third-order valence-corrected chi connectivity index (χ3v) is 2.60. The van der Waals surface area contributed by atoms with E-state index in [0.29, 0.717) is 5.95 Å². The normalized spacial score (nSPS) is 10.4. The van der Waals surface area contributed by atoms with Gasteiger partial charge in [-0.05, 0) is 31.0 Å². The number of halogens is 1. The minimum Gasteiger partial charge on any atom is -0.354 e. The van der Waals surface area contributed by atoms with E-state index in [0.717, 1.165) is 29.8 Å². The van der Waals surface area contributed by atoms with Gasteiger partial charge in [0.1, 0.15) is 5.82 Å². The second kappa shape index (κ2) is 5.58. The SMILES string of the molecule is CCCNc1ncc(C)c(-c2cccc(F)c2)n1. The van der Waals surface area contributed by atoms with Gasteiger partial charge in [0.15, 0.2) is 0 Å². The number of rotatable bonds is 4. The van der Waals surface area contributed by atoms with Gasteiger partial charge in [0.25, 0.3) is 0 Å². The quantitative estimate of drug-likeness (QED) is 0.897. The lowest BCUT2D eigenvalue weighted by atomic mass is 10.1. The highest BCUT2D eigenvalue weighted by molar-refractivity contribution is 5.63. The molecule has 0 aliphatic heterocycles. The fourth-order valence-corrected chi connectivity index (χ4v) is 1.69. The molecule has 4 heteroatoms. The summed E-state index contributed by atoms with van der Waals surface area (Å²) in [6.07, 6.45) is 2.76. The maximum Gasteiger partial charge on any atom is 0.223 e. The summed E-state index contributed by atoms with van der Waals surface area (Å²) in [5.41, 5.74) is 2.47. The zero-order valence-electron chi connectivity index (χ0n) is 10.6. The minimum absolute atomic E-state index is 0.256. The summed E-state index contributed by atoms with van der Waals surface area (Å²) in [6, 6.07) is 6.45. The zero-order chi connectivity index (χ0) is 13.0. The minimum atomic E-state index is -0.256. The Hall–Kier alpha value is -1.97. The molecule has 94 valence electrons. The van der Waals surface area contributed by atoms with Crippen molar-refractivity contribution in [1.29, 1.82) is 0 Å². The monoisotopic (exact) mass is 245 g/mol. The molecule has 1 N–H and O–H groups in total. The molecule has 0 aliphatic carbocycles. The van der Waals surface area contributed by atoms with Gasteiger partial charge in [-0.15, -0.1) is 0 Å². The van der Waals surface area contributed by atoms with E-state index in [4.69, 9.17) is 0 Å². The Bertz CT molecular complexity index is 540. The van der Waals surface area contributed by atoms with Crippen LogP contribution in [0.15, 0.2) is 30.5 Å². The van der Waals surface area contributed by atoms with E-state index in [1.165, 1.54) is 12.1 Å². The number of hydrogen-bond acceptors (Lipinski definition) is 3. The number of nitrogens with one attached hydrogen (secondary N) is 1. The van der Waals surface area contributed by atoms with Crippen LogP contribution in [0.5, 0.6) is 0 Å². The van der Waals surface area contributed by atoms with Gasteiger partial charge in [0.2, 0.25) is 5.95 Å². The summed E-state index contributed by atoms with van der Waals surface area (Å²) in [6.45, 7) is 4.82. The van der Waals surface area contributed by atoms with Crippen molar-refractivity contribution >= 4 is 5.95 Å². The predicted molar refractivity (Wildman–Crippen MR) is 70.9 cm³/mol. The molecule has 0 aliphatic rings. The summed E-state index contributed by atoms with van der Waals surface area (Å²) in [4.78, 5) is 8.64. The molecule has 3 nitrogen and oxygen atoms in total. The topological polar surface area (TPSA) is 37.8 Å². The lowest BCUT2D eigenvalue weighted by molar-refractivity contribution is 0.628. The predicted octanol–water partition coefficient (Wildman–Crippen LogP) is 3.41. The Kier molecular flexibility index (Phi) is 3.87. The number of aryl methyl sites for hydroxylation is 1. The van der Waals surface area contributed by atoms with Crippen LogP contribution < -0.4 is 5.32 Å². The largest absolute Gasteiger partial charge is 0.354 e. The van der Waals surface area contributed by atoms with Crippen LogP contribution in [0.1, 0.15) is 18.9 Å². The van der Waals surface area contributed by atoms with E-state index in [1.807, 2.05) is 13.0 Å². The lowest BCUT2D eigenvalue weighted by Crippen LogP contribution is -2.05. The number of benzene rings is 1. The molecular formula is C14H16FN3. The van der Waals surface area contributed by atoms with Gasteiger partial charge in [-0.25, -0.2) is 14.4 Å². The average molecular weight is 245 g/mol. The van der Waals surface area contributed by atoms with Gasteiger partial charge < -0.3 is 5.32 Å². The molecule has 0 fully saturated rings. The highest BCUT2D eigenvalue weighted by atomic mass is 19.1. The molecule has 1 aromatic carbocycles. The van der Waals surface area contributed by atoms with Gasteiger partial charge in [0, 0.05) is 18.3 Å². The molecule has 0 saturated carbocycles. The zero-order valence-corrected chi connectivity index (χ0v) is 10.6. The van der Waals surface area contributed by atoms with Crippen molar-refractivity contribution in [1.82, 2.24) is 9.97 Å². The van der Waals surface area contributed by atoms with Crippen LogP contribution in [-0.4, -0.2) is 16.5 Å². The van der Waals surface area contributed by atoms with Crippen LogP contribution in [0.3, 0.4) is 0 Å². The first-order valence-electron chi connectivity index (χ1n) is 6.04. The number of nitrogens with zero attached hydrogens (tertiary/aromatic N) is 2. The highest BCUT2D eigenvalue weighted by Crippen LogP contribution is 2.22. The van der Waals surface area contributed by atoms with Gasteiger partial charge >= 0.3 is 0 Å². The van der Waals surface area contributed by atoms with Gasteiger partial charge in [-0.2, -0.15) is 0 Å². The molecule has 0 spiro atoms. The van der Waals surface area contributed by atoms with E-state index in [2.05, 4.69) is 22.2 Å². The highest BCUT2D eigenvalue weighted by Gasteiger charge is 2.07. The Morgan fingerprint density at radius 3 is 2.89 bits per heavy atom. The Morgan fingerprint density at radius 1 is 1.33 bits per heavy atom. The van der Waals surface area contributed by atoms with Crippen molar-refractivity contribution in [2.75, 3.05) is 11.9 Å². The van der Waals surface area contributed by atoms with Crippen LogP contribution >= 0.6 is 0 Å². The molecule has 2 rings (SSSR count). The fourth-order valence-electron chi connectivity index (χ4n) is 1.69. The van der Waals surface area contributed by atoms with Gasteiger partial charge in [-0.3, -0.25) is 0 Å². The Labute approximate surface area is 106 Å². The molecule has 2 aromatic rings. The molecule has 1 aromatic heterocycles. The van der Waals surface area contributed by atoms with Crippen LogP contribution in [0, 0.1) is 12.7 Å². The van der Waals surface area contributed by atoms with Crippen molar-refractivity contribution in [2.24, 2.45) is 0 Å². The smallest absolute Gasteiger partial charge is 0.223 e. The molecule has 0 bridgehead atoms. The van der Waals surface area contributed by atoms with Crippen LogP contribution in [0.25, 0.3) is 11.3 Å². The molecular weight excluding hydrogens is 229 g/mol. The second-order valence-corrected chi connectivity index (χ2v) is 4.16. The van der Waals surface area contributed by atoms with E-state index < -0.39 is 0 Å². The van der Waals surface area contributed by atoms with Crippen molar-refractivity contribution in [3.05, 3.63) is 41.8 Å². The third-order valence-electron chi connectivity index (χ3n) is 2.60. The van der Waals surface area contributed by atoms with Crippen molar-refractivity contribution in [3.8, 4) is 11.3 Å². The molecule has 1 heterocycles. The summed E-state index contributed by atoms with van der Waals surface area (Å²) in [5.74, 6) is 0.329. The first-order valence-corrected chi connectivity index (χ1v) is 6.04. The van der Waals surface area contributed by atoms with E-state index in [1.54, 1.807) is 12.3 Å². The lowest BCUT2D eigenvalue weighted by Gasteiger charge is -2.08. The molecule has 0 amide bonds. The molecule has 0 radical (unpaired) electrons. The van der Waals surface area contributed by atoms with Crippen molar-refractivity contribution in [3.63, 3.8) is 0 Å². The first kappa shape index (κ1) is 12.5. The Balaban J connectivity index is 2.37. The fraction of sp³-hybridized carbons (Fsp3) is 0.286. The summed E-state index contributed by atoms with van der Waals surface area (Å²) in [5, 5.41) is 3.13. The molecule has 18 heavy (non-hydrogen) atoms. The average Bonchev–Trinajstić information content (AvgIpc) is 2.38. The van der Waals surface area contributed by atoms with Crippen LogP contribution in [0.4, 0.5) is 10.3 Å². The number of anilines is 1. The first-order chi connectivity index (χ1) is 8.70. The van der Waals surface area contributed by atoms with Crippen molar-refractivity contribution < 1.29 is 4.39 Å². The maximum atomic E-state index is 13.2. The molecule has 0 saturated heterocycles. The standard InChI is InChI=1S/C14H16FN3/c1-3-7-16-14-17-9-10(2)13(18-14)11-5-4-6-12(15)8-11/h4-6,8-9H,3,7H2,1-2H3,(H,16,17,18). The maximum absolute atomic E-state index is 13.2. The van der Waals surface area contributed by atoms with Crippen molar-refractivity contribution in [2.45, 2.75) is 20.3 Å². The number of aromatic nitrogens is 2. The van der Waals surface area contributed by atoms with Crippen LogP contribution in [-0.2, 0) is 0 Å². The van der Waals surface area contributed by atoms with Crippen LogP contribution in [0.2, 0.25) is 0 Å². The second-order valence-electron chi connectivity index (χ2n) is 4.16.